The largest absolute Gasteiger partial charge is 0.441 e. The maximum Gasteiger partial charge on any atom is 0.410 e. The number of carbonyl (C=O) groups excluding carboxylic acids is 1. The number of ether oxygens (including phenoxy) is 2. The fourth-order valence-corrected chi connectivity index (χ4v) is 5.68. The molecule has 0 N–H and O–H groups in total. The Bertz CT molecular complexity index is 1010. The molecule has 3 aliphatic rings. The van der Waals surface area contributed by atoms with Crippen LogP contribution >= 0.6 is 0 Å². The van der Waals surface area contributed by atoms with Crippen molar-refractivity contribution in [3.05, 3.63) is 30.1 Å². The zero-order chi connectivity index (χ0) is 20.8. The van der Waals surface area contributed by atoms with Crippen molar-refractivity contribution < 1.29 is 14.3 Å². The van der Waals surface area contributed by atoms with Crippen LogP contribution in [-0.2, 0) is 16.0 Å². The standard InChI is InChI=1S/C23H28N4O3/c1-22(14-27-16-25-19-6-5-17(11-24)10-20(19)27)7-3-8-23(13-22)15-26(21(28)30-23)12-18-4-2-9-29-18/h5-6,10,16,18H,2-4,7-9,12-15H2,1H3. The van der Waals surface area contributed by atoms with Crippen LogP contribution in [-0.4, -0.2) is 51.9 Å². The second-order valence-corrected chi connectivity index (χ2v) is 9.60. The van der Waals surface area contributed by atoms with Gasteiger partial charge in [-0.05, 0) is 62.1 Å². The third-order valence-electron chi connectivity index (χ3n) is 6.95. The molecule has 5 rings (SSSR count). The molecule has 2 saturated heterocycles. The summed E-state index contributed by atoms with van der Waals surface area (Å²) >= 11 is 0. The lowest BCUT2D eigenvalue weighted by Gasteiger charge is -2.43. The van der Waals surface area contributed by atoms with E-state index in [1.807, 2.05) is 23.4 Å². The molecule has 3 heterocycles. The number of fused-ring (bicyclic) bond motifs is 1. The molecule has 2 aliphatic heterocycles. The van der Waals surface area contributed by atoms with Crippen molar-refractivity contribution in [1.82, 2.24) is 14.5 Å². The number of benzene rings is 1. The molecule has 30 heavy (non-hydrogen) atoms. The molecular weight excluding hydrogens is 380 g/mol. The summed E-state index contributed by atoms with van der Waals surface area (Å²) < 4.78 is 13.9. The Morgan fingerprint density at radius 3 is 3.03 bits per heavy atom. The van der Waals surface area contributed by atoms with E-state index in [4.69, 9.17) is 9.47 Å². The topological polar surface area (TPSA) is 80.4 Å². The molecule has 3 fully saturated rings. The maximum absolute atomic E-state index is 12.6. The number of nitrogens with zero attached hydrogens (tertiary/aromatic N) is 4. The predicted octanol–water partition coefficient (Wildman–Crippen LogP) is 3.86. The van der Waals surface area contributed by atoms with E-state index < -0.39 is 5.60 Å². The molecule has 158 valence electrons. The van der Waals surface area contributed by atoms with Crippen molar-refractivity contribution in [1.29, 1.82) is 5.26 Å². The van der Waals surface area contributed by atoms with Crippen LogP contribution in [0.15, 0.2) is 24.5 Å². The smallest absolute Gasteiger partial charge is 0.410 e. The Hall–Kier alpha value is -2.59. The Balaban J connectivity index is 1.33. The highest BCUT2D eigenvalue weighted by atomic mass is 16.6. The zero-order valence-electron chi connectivity index (χ0n) is 17.5. The van der Waals surface area contributed by atoms with Gasteiger partial charge in [-0.15, -0.1) is 0 Å². The van der Waals surface area contributed by atoms with E-state index in [1.54, 1.807) is 6.07 Å². The van der Waals surface area contributed by atoms with E-state index in [9.17, 15) is 10.1 Å². The van der Waals surface area contributed by atoms with E-state index in [1.165, 1.54) is 0 Å². The monoisotopic (exact) mass is 408 g/mol. The van der Waals surface area contributed by atoms with Gasteiger partial charge in [-0.25, -0.2) is 9.78 Å². The quantitative estimate of drug-likeness (QED) is 0.767. The molecule has 1 spiro atoms. The molecule has 7 nitrogen and oxygen atoms in total. The summed E-state index contributed by atoms with van der Waals surface area (Å²) in [6, 6.07) is 7.82. The van der Waals surface area contributed by atoms with Crippen LogP contribution in [0.3, 0.4) is 0 Å². The highest BCUT2D eigenvalue weighted by molar-refractivity contribution is 5.77. The number of hydrogen-bond acceptors (Lipinski definition) is 5. The van der Waals surface area contributed by atoms with Gasteiger partial charge in [-0.1, -0.05) is 6.92 Å². The molecule has 0 radical (unpaired) electrons. The molecule has 3 atom stereocenters. The van der Waals surface area contributed by atoms with Crippen molar-refractivity contribution in [3.63, 3.8) is 0 Å². The second-order valence-electron chi connectivity index (χ2n) is 9.60. The van der Waals surface area contributed by atoms with Crippen molar-refractivity contribution >= 4 is 17.1 Å². The van der Waals surface area contributed by atoms with Crippen LogP contribution in [0.25, 0.3) is 11.0 Å². The second kappa shape index (κ2) is 7.28. The van der Waals surface area contributed by atoms with Crippen LogP contribution in [0.1, 0.15) is 51.0 Å². The number of nitriles is 1. The van der Waals surface area contributed by atoms with Crippen molar-refractivity contribution in [2.45, 2.75) is 63.7 Å². The minimum Gasteiger partial charge on any atom is -0.441 e. The van der Waals surface area contributed by atoms with Gasteiger partial charge in [-0.3, -0.25) is 0 Å². The molecular formula is C23H28N4O3. The Kier molecular flexibility index (Phi) is 4.70. The van der Waals surface area contributed by atoms with Crippen molar-refractivity contribution in [3.8, 4) is 6.07 Å². The summed E-state index contributed by atoms with van der Waals surface area (Å²) in [6.45, 7) is 5.17. The number of imidazole rings is 1. The lowest BCUT2D eigenvalue weighted by atomic mass is 9.68. The van der Waals surface area contributed by atoms with Gasteiger partial charge in [0.1, 0.15) is 5.60 Å². The highest BCUT2D eigenvalue weighted by Crippen LogP contribution is 2.47. The molecule has 3 unspecified atom stereocenters. The van der Waals surface area contributed by atoms with Crippen LogP contribution in [0, 0.1) is 16.7 Å². The first-order chi connectivity index (χ1) is 14.5. The maximum atomic E-state index is 12.6. The van der Waals surface area contributed by atoms with Gasteiger partial charge in [0.2, 0.25) is 0 Å². The Morgan fingerprint density at radius 1 is 1.33 bits per heavy atom. The third-order valence-corrected chi connectivity index (χ3v) is 6.95. The first-order valence-electron chi connectivity index (χ1n) is 10.9. The molecule has 1 aliphatic carbocycles. The van der Waals surface area contributed by atoms with Crippen LogP contribution in [0.2, 0.25) is 0 Å². The number of amides is 1. The SMILES string of the molecule is CC1(Cn2cnc3ccc(C#N)cc32)CCCC2(CN(CC3CCCO3)C(=O)O2)C1. The normalized spacial score (nSPS) is 31.4. The lowest BCUT2D eigenvalue weighted by Crippen LogP contribution is -2.45. The molecule has 1 aromatic heterocycles. The van der Waals surface area contributed by atoms with Gasteiger partial charge in [0.05, 0.1) is 48.2 Å². The van der Waals surface area contributed by atoms with E-state index in [0.717, 1.165) is 62.7 Å². The van der Waals surface area contributed by atoms with Gasteiger partial charge in [-0.2, -0.15) is 5.26 Å². The number of aromatic nitrogens is 2. The summed E-state index contributed by atoms with van der Waals surface area (Å²) in [5, 5.41) is 9.25. The average molecular weight is 409 g/mol. The highest BCUT2D eigenvalue weighted by Gasteiger charge is 2.51. The molecule has 7 heteroatoms. The first kappa shape index (κ1) is 19.4. The molecule has 1 aromatic carbocycles. The number of hydrogen-bond donors (Lipinski definition) is 0. The van der Waals surface area contributed by atoms with Crippen LogP contribution in [0.5, 0.6) is 0 Å². The fourth-order valence-electron chi connectivity index (χ4n) is 5.68. The first-order valence-corrected chi connectivity index (χ1v) is 10.9. The van der Waals surface area contributed by atoms with Crippen molar-refractivity contribution in [2.75, 3.05) is 19.7 Å². The third kappa shape index (κ3) is 3.54. The summed E-state index contributed by atoms with van der Waals surface area (Å²) in [6.07, 6.45) is 7.78. The molecule has 2 aromatic rings. The fraction of sp³-hybridized carbons (Fsp3) is 0.609. The summed E-state index contributed by atoms with van der Waals surface area (Å²) in [7, 11) is 0. The van der Waals surface area contributed by atoms with Gasteiger partial charge in [0.25, 0.3) is 0 Å². The van der Waals surface area contributed by atoms with Gasteiger partial charge >= 0.3 is 6.09 Å². The molecule has 1 saturated carbocycles. The summed E-state index contributed by atoms with van der Waals surface area (Å²) in [5.41, 5.74) is 2.12. The predicted molar refractivity (Wildman–Crippen MR) is 111 cm³/mol. The minimum atomic E-state index is -0.406. The lowest BCUT2D eigenvalue weighted by molar-refractivity contribution is -0.0271. The van der Waals surface area contributed by atoms with Gasteiger partial charge < -0.3 is 18.9 Å². The van der Waals surface area contributed by atoms with Crippen LogP contribution < -0.4 is 0 Å². The Morgan fingerprint density at radius 2 is 2.23 bits per heavy atom. The van der Waals surface area contributed by atoms with E-state index in [0.29, 0.717) is 18.7 Å². The van der Waals surface area contributed by atoms with Crippen LogP contribution in [0.4, 0.5) is 4.79 Å². The van der Waals surface area contributed by atoms with E-state index in [-0.39, 0.29) is 17.6 Å². The Labute approximate surface area is 176 Å². The number of carbonyl (C=O) groups is 1. The van der Waals surface area contributed by atoms with Crippen molar-refractivity contribution in [2.24, 2.45) is 5.41 Å². The van der Waals surface area contributed by atoms with E-state index in [2.05, 4.69) is 22.5 Å². The average Bonchev–Trinajstić information content (AvgIpc) is 3.43. The summed E-state index contributed by atoms with van der Waals surface area (Å²) in [5.74, 6) is 0. The van der Waals surface area contributed by atoms with Gasteiger partial charge in [0, 0.05) is 13.2 Å². The summed E-state index contributed by atoms with van der Waals surface area (Å²) in [4.78, 5) is 19.0. The molecule has 1 amide bonds. The number of rotatable bonds is 4. The van der Waals surface area contributed by atoms with Gasteiger partial charge in [0.15, 0.2) is 0 Å². The van der Waals surface area contributed by atoms with E-state index >= 15 is 0 Å². The minimum absolute atomic E-state index is 0.00528. The molecule has 0 bridgehead atoms. The zero-order valence-corrected chi connectivity index (χ0v) is 17.5.